The Morgan fingerprint density at radius 2 is 2.00 bits per heavy atom. The van der Waals surface area contributed by atoms with Gasteiger partial charge in [0.2, 0.25) is 0 Å². The van der Waals surface area contributed by atoms with Crippen LogP contribution >= 0.6 is 0 Å². The van der Waals surface area contributed by atoms with E-state index in [9.17, 15) is 14.3 Å². The van der Waals surface area contributed by atoms with Crippen LogP contribution in [0.25, 0.3) is 0 Å². The van der Waals surface area contributed by atoms with E-state index in [0.717, 1.165) is 37.6 Å². The molecule has 170 valence electrons. The van der Waals surface area contributed by atoms with Crippen molar-refractivity contribution in [3.63, 3.8) is 0 Å². The van der Waals surface area contributed by atoms with E-state index < -0.39 is 11.9 Å². The summed E-state index contributed by atoms with van der Waals surface area (Å²) >= 11 is 0. The molecule has 0 aliphatic rings. The maximum Gasteiger partial charge on any atom is 0.165 e. The summed E-state index contributed by atoms with van der Waals surface area (Å²) in [6.07, 6.45) is 10.2. The van der Waals surface area contributed by atoms with Gasteiger partial charge in [-0.15, -0.1) is 6.58 Å². The van der Waals surface area contributed by atoms with Gasteiger partial charge in [0, 0.05) is 25.1 Å². The second-order valence-corrected chi connectivity index (χ2v) is 7.97. The van der Waals surface area contributed by atoms with Crippen LogP contribution in [-0.2, 0) is 0 Å². The van der Waals surface area contributed by atoms with Gasteiger partial charge in [0.1, 0.15) is 6.61 Å². The van der Waals surface area contributed by atoms with Crippen LogP contribution in [0.5, 0.6) is 5.75 Å². The highest BCUT2D eigenvalue weighted by molar-refractivity contribution is 5.96. The molecule has 0 amide bonds. The van der Waals surface area contributed by atoms with Crippen LogP contribution in [-0.4, -0.2) is 48.6 Å². The number of aliphatic hydroxyl groups is 1. The van der Waals surface area contributed by atoms with Gasteiger partial charge >= 0.3 is 0 Å². The van der Waals surface area contributed by atoms with Crippen LogP contribution in [0.4, 0.5) is 4.39 Å². The topological polar surface area (TPSA) is 49.8 Å². The van der Waals surface area contributed by atoms with Gasteiger partial charge < -0.3 is 9.84 Å². The van der Waals surface area contributed by atoms with E-state index in [2.05, 4.69) is 17.6 Å². The van der Waals surface area contributed by atoms with Crippen molar-refractivity contribution in [2.75, 3.05) is 26.7 Å². The molecule has 1 aromatic rings. The Morgan fingerprint density at radius 3 is 2.65 bits per heavy atom. The minimum Gasteiger partial charge on any atom is -0.486 e. The van der Waals surface area contributed by atoms with Crippen LogP contribution in [0, 0.1) is 5.82 Å². The van der Waals surface area contributed by atoms with Crippen molar-refractivity contribution in [1.82, 2.24) is 4.90 Å². The van der Waals surface area contributed by atoms with Crippen LogP contribution in [0.15, 0.2) is 66.3 Å². The van der Waals surface area contributed by atoms with Gasteiger partial charge in [0.15, 0.2) is 17.3 Å². The van der Waals surface area contributed by atoms with Gasteiger partial charge in [0.05, 0.1) is 6.10 Å². The Kier molecular flexibility index (Phi) is 12.4. The molecule has 1 unspecified atom stereocenters. The molecule has 0 saturated carbocycles. The van der Waals surface area contributed by atoms with Crippen LogP contribution < -0.4 is 4.74 Å². The number of benzene rings is 1. The normalized spacial score (nSPS) is 12.8. The largest absolute Gasteiger partial charge is 0.486 e. The fourth-order valence-corrected chi connectivity index (χ4v) is 2.91. The summed E-state index contributed by atoms with van der Waals surface area (Å²) in [7, 11) is 1.97. The summed E-state index contributed by atoms with van der Waals surface area (Å²) in [5, 5.41) is 10.2. The third-order valence-electron chi connectivity index (χ3n) is 4.58. The molecule has 0 heterocycles. The van der Waals surface area contributed by atoms with E-state index in [0.29, 0.717) is 0 Å². The zero-order valence-corrected chi connectivity index (χ0v) is 19.2. The average Bonchev–Trinajstić information content (AvgIpc) is 2.68. The number of hydrogen-bond donors (Lipinski definition) is 1. The van der Waals surface area contributed by atoms with Gasteiger partial charge in [-0.2, -0.15) is 0 Å². The van der Waals surface area contributed by atoms with E-state index in [-0.39, 0.29) is 30.1 Å². The molecule has 0 saturated heterocycles. The van der Waals surface area contributed by atoms with Gasteiger partial charge in [-0.05, 0) is 58.9 Å². The maximum absolute atomic E-state index is 14.3. The highest BCUT2D eigenvalue weighted by Crippen LogP contribution is 2.20. The lowest BCUT2D eigenvalue weighted by Gasteiger charge is -2.11. The van der Waals surface area contributed by atoms with Gasteiger partial charge in [-0.25, -0.2) is 4.39 Å². The van der Waals surface area contributed by atoms with E-state index >= 15 is 0 Å². The van der Waals surface area contributed by atoms with Crippen molar-refractivity contribution >= 4 is 5.78 Å². The Labute approximate surface area is 186 Å². The summed E-state index contributed by atoms with van der Waals surface area (Å²) in [6, 6.07) is 4.14. The molecular weight excluding hydrogens is 393 g/mol. The highest BCUT2D eigenvalue weighted by Gasteiger charge is 2.14. The number of hydrogen-bond acceptors (Lipinski definition) is 4. The minimum atomic E-state index is -0.887. The number of nitrogens with zero attached hydrogens (tertiary/aromatic N) is 1. The van der Waals surface area contributed by atoms with Crippen molar-refractivity contribution in [3.8, 4) is 5.75 Å². The molecule has 0 aromatic heterocycles. The quantitative estimate of drug-likeness (QED) is 0.313. The first-order valence-electron chi connectivity index (χ1n) is 10.6. The molecule has 31 heavy (non-hydrogen) atoms. The summed E-state index contributed by atoms with van der Waals surface area (Å²) in [4.78, 5) is 14.5. The molecule has 1 atom stereocenters. The number of allylic oxidation sites excluding steroid dienone is 3. The fourth-order valence-electron chi connectivity index (χ4n) is 2.91. The zero-order valence-electron chi connectivity index (χ0n) is 19.2. The number of aliphatic hydroxyl groups excluding tert-OH is 1. The van der Waals surface area contributed by atoms with Gasteiger partial charge in [0.25, 0.3) is 0 Å². The molecule has 4 nitrogen and oxygen atoms in total. The number of ether oxygens (including phenoxy) is 1. The number of Topliss-reactive ketones (excluding diaryl/α,β-unsaturated/α-hetero) is 1. The van der Waals surface area contributed by atoms with Crippen LogP contribution in [0.2, 0.25) is 0 Å². The number of carbonyl (C=O) groups is 1. The molecule has 1 N–H and O–H groups in total. The lowest BCUT2D eigenvalue weighted by Crippen LogP contribution is -2.17. The van der Waals surface area contributed by atoms with Crippen LogP contribution in [0.3, 0.4) is 0 Å². The number of rotatable bonds is 14. The minimum absolute atomic E-state index is 0.0827. The summed E-state index contributed by atoms with van der Waals surface area (Å²) in [5.74, 6) is -0.807. The van der Waals surface area contributed by atoms with Gasteiger partial charge in [-0.1, -0.05) is 41.5 Å². The molecule has 0 fully saturated rings. The molecule has 0 bridgehead atoms. The predicted molar refractivity (Wildman–Crippen MR) is 126 cm³/mol. The maximum atomic E-state index is 14.3. The number of carbonyl (C=O) groups excluding carboxylic acids is 1. The molecule has 5 heteroatoms. The Morgan fingerprint density at radius 1 is 1.26 bits per heavy atom. The van der Waals surface area contributed by atoms with E-state index in [1.807, 2.05) is 46.0 Å². The Hall–Kier alpha value is -2.50. The number of halogens is 1. The number of ketones is 1. The fraction of sp³-hybridized carbons (Fsp3) is 0.423. The molecule has 1 rings (SSSR count). The van der Waals surface area contributed by atoms with E-state index in [1.54, 1.807) is 6.08 Å². The summed E-state index contributed by atoms with van der Waals surface area (Å²) in [6.45, 7) is 11.5. The first-order valence-corrected chi connectivity index (χ1v) is 10.6. The van der Waals surface area contributed by atoms with E-state index in [4.69, 9.17) is 4.74 Å². The third kappa shape index (κ3) is 11.5. The smallest absolute Gasteiger partial charge is 0.165 e. The zero-order chi connectivity index (χ0) is 23.2. The van der Waals surface area contributed by atoms with Gasteiger partial charge in [-0.3, -0.25) is 9.69 Å². The number of likely N-dealkylation sites (N-methyl/N-ethyl adjacent to an activating group) is 1. The monoisotopic (exact) mass is 429 g/mol. The Balaban J connectivity index is 2.55. The van der Waals surface area contributed by atoms with Crippen molar-refractivity contribution in [1.29, 1.82) is 0 Å². The van der Waals surface area contributed by atoms with Crippen molar-refractivity contribution < 1.29 is 19.0 Å². The van der Waals surface area contributed by atoms with Crippen molar-refractivity contribution in [2.24, 2.45) is 0 Å². The first-order chi connectivity index (χ1) is 14.7. The molecule has 1 aromatic carbocycles. The second-order valence-electron chi connectivity index (χ2n) is 7.97. The van der Waals surface area contributed by atoms with Crippen molar-refractivity contribution in [2.45, 2.75) is 46.1 Å². The standard InChI is InChI=1S/C26H36FNO3/c1-6-14-28(5)15-7-8-16-31-26-13-12-22(18-24(26)27)25(30)19-23(29)17-21(4)11-9-10-20(2)3/h6-8,10,12-13,17-18,23,29H,1,9,11,14-16,19H2,2-5H3/b8-7+,21-17+. The molecule has 0 radical (unpaired) electrons. The van der Waals surface area contributed by atoms with Crippen molar-refractivity contribution in [3.05, 3.63) is 77.7 Å². The lowest BCUT2D eigenvalue weighted by molar-refractivity contribution is 0.0921. The molecule has 0 aliphatic heterocycles. The SMILES string of the molecule is C=CCN(C)C/C=C/COc1ccc(C(=O)CC(O)/C=C(\C)CCC=C(C)C)cc1F. The van der Waals surface area contributed by atoms with Crippen LogP contribution in [0.1, 0.15) is 50.4 Å². The predicted octanol–water partition coefficient (Wildman–Crippen LogP) is 5.50. The Bertz CT molecular complexity index is 807. The third-order valence-corrected chi connectivity index (χ3v) is 4.58. The second kappa shape index (κ2) is 14.5. The summed E-state index contributed by atoms with van der Waals surface area (Å²) < 4.78 is 19.7. The highest BCUT2D eigenvalue weighted by atomic mass is 19.1. The molecule has 0 spiro atoms. The first kappa shape index (κ1) is 26.5. The summed E-state index contributed by atoms with van der Waals surface area (Å²) in [5.41, 5.74) is 2.50. The lowest BCUT2D eigenvalue weighted by atomic mass is 10.0. The average molecular weight is 430 g/mol. The molecular formula is C26H36FNO3. The van der Waals surface area contributed by atoms with E-state index in [1.165, 1.54) is 17.7 Å². The molecule has 0 aliphatic carbocycles.